The van der Waals surface area contributed by atoms with Crippen LogP contribution in [-0.4, -0.2) is 26.9 Å². The van der Waals surface area contributed by atoms with Gasteiger partial charge in [-0.3, -0.25) is 19.0 Å². The van der Waals surface area contributed by atoms with E-state index in [-0.39, 0.29) is 4.87 Å². The molecule has 0 unspecified atom stereocenters. The van der Waals surface area contributed by atoms with Gasteiger partial charge in [0.2, 0.25) is 0 Å². The normalized spacial score (nSPS) is 22.6. The number of hydrogen-bond donors (Lipinski definition) is 1. The van der Waals surface area contributed by atoms with Crippen molar-refractivity contribution in [2.45, 2.75) is 16.2 Å². The Hall–Kier alpha value is -2.84. The van der Waals surface area contributed by atoms with E-state index in [9.17, 15) is 19.5 Å². The molecule has 1 aromatic heterocycles. The summed E-state index contributed by atoms with van der Waals surface area (Å²) < 4.78 is 6.96. The number of carboxylic acids is 1. The lowest BCUT2D eigenvalue weighted by Crippen LogP contribution is -2.44. The van der Waals surface area contributed by atoms with Crippen LogP contribution in [0.5, 0.6) is 5.75 Å². The second-order valence-electron chi connectivity index (χ2n) is 6.55. The van der Waals surface area contributed by atoms with E-state index >= 15 is 0 Å². The van der Waals surface area contributed by atoms with Gasteiger partial charge in [0.1, 0.15) is 11.0 Å². The molecule has 0 saturated carbocycles. The van der Waals surface area contributed by atoms with Crippen LogP contribution in [0.4, 0.5) is 0 Å². The third kappa shape index (κ3) is 2.45. The number of benzene rings is 2. The molecule has 8 heteroatoms. The summed E-state index contributed by atoms with van der Waals surface area (Å²) in [5, 5.41) is 9.37. The van der Waals surface area contributed by atoms with Crippen molar-refractivity contribution in [2.24, 2.45) is 5.92 Å². The van der Waals surface area contributed by atoms with Crippen molar-refractivity contribution in [2.75, 3.05) is 0 Å². The van der Waals surface area contributed by atoms with Gasteiger partial charge >= 0.3 is 16.8 Å². The summed E-state index contributed by atoms with van der Waals surface area (Å²) >= 11 is 2.11. The number of ether oxygens (including phenoxy) is 1. The Morgan fingerprint density at radius 1 is 1.04 bits per heavy atom. The molecule has 0 radical (unpaired) electrons. The zero-order chi connectivity index (χ0) is 19.4. The highest BCUT2D eigenvalue weighted by atomic mass is 32.2. The summed E-state index contributed by atoms with van der Waals surface area (Å²) in [6, 6.07) is 16.2. The molecule has 2 aromatic carbocycles. The maximum Gasteiger partial charge on any atom is 0.317 e. The molecule has 0 aliphatic carbocycles. The number of thioether (sulfide) groups is 1. The average Bonchev–Trinajstić information content (AvgIpc) is 3.03. The van der Waals surface area contributed by atoms with Crippen LogP contribution in [0.25, 0.3) is 5.69 Å². The first-order chi connectivity index (χ1) is 13.6. The second-order valence-corrected chi connectivity index (χ2v) is 8.67. The highest BCUT2D eigenvalue weighted by Gasteiger charge is 2.52. The van der Waals surface area contributed by atoms with E-state index in [1.807, 2.05) is 30.3 Å². The third-order valence-electron chi connectivity index (χ3n) is 4.99. The van der Waals surface area contributed by atoms with Crippen LogP contribution in [-0.2, 0) is 9.59 Å². The summed E-state index contributed by atoms with van der Waals surface area (Å²) in [4.78, 5) is 38.1. The average molecular weight is 411 g/mol. The molecule has 0 bridgehead atoms. The lowest BCUT2D eigenvalue weighted by Gasteiger charge is -2.37. The van der Waals surface area contributed by atoms with E-state index in [0.717, 1.165) is 28.7 Å². The summed E-state index contributed by atoms with van der Waals surface area (Å²) in [6.07, 6.45) is 0. The molecule has 5 rings (SSSR count). The highest BCUT2D eigenvalue weighted by Crippen LogP contribution is 2.54. The standard InChI is InChI=1S/C20H13NO5S2/c22-18(23)16-14-13(11-8-4-5-9-12(11)26-19(14)24)15-17(27-16)21(20(25)28-15)10-6-2-1-3-7-10/h1-9,13-14,16H,(H,22,23)/t13-,14-,16-/m1/s1. The number of carboxylic acid groups (broad SMARTS) is 1. The number of esters is 1. The van der Waals surface area contributed by atoms with E-state index < -0.39 is 29.0 Å². The smallest absolute Gasteiger partial charge is 0.317 e. The monoisotopic (exact) mass is 411 g/mol. The molecule has 6 nitrogen and oxygen atoms in total. The number of para-hydroxylation sites is 2. The Bertz CT molecular complexity index is 1170. The Morgan fingerprint density at radius 2 is 1.75 bits per heavy atom. The summed E-state index contributed by atoms with van der Waals surface area (Å²) in [6.45, 7) is 0. The Balaban J connectivity index is 1.79. The van der Waals surface area contributed by atoms with Gasteiger partial charge in [-0.2, -0.15) is 0 Å². The highest BCUT2D eigenvalue weighted by molar-refractivity contribution is 8.00. The Labute approximate surface area is 167 Å². The first-order valence-electron chi connectivity index (χ1n) is 8.57. The topological polar surface area (TPSA) is 85.6 Å². The first kappa shape index (κ1) is 17.3. The van der Waals surface area contributed by atoms with Gasteiger partial charge in [-0.15, -0.1) is 0 Å². The van der Waals surface area contributed by atoms with E-state index in [2.05, 4.69) is 0 Å². The maximum atomic E-state index is 12.9. The minimum absolute atomic E-state index is 0.204. The van der Waals surface area contributed by atoms with Gasteiger partial charge in [0.15, 0.2) is 0 Å². The number of aromatic nitrogens is 1. The number of carbonyl (C=O) groups is 2. The van der Waals surface area contributed by atoms with Crippen LogP contribution in [0.2, 0.25) is 0 Å². The molecule has 3 atom stereocenters. The van der Waals surface area contributed by atoms with Crippen LogP contribution in [0, 0.1) is 5.92 Å². The number of rotatable bonds is 2. The second kappa shape index (κ2) is 6.35. The van der Waals surface area contributed by atoms with Crippen molar-refractivity contribution in [3.63, 3.8) is 0 Å². The minimum atomic E-state index is -1.10. The predicted octanol–water partition coefficient (Wildman–Crippen LogP) is 3.13. The fraction of sp³-hybridized carbons (Fsp3) is 0.150. The molecule has 3 heterocycles. The van der Waals surface area contributed by atoms with Crippen LogP contribution < -0.4 is 9.61 Å². The van der Waals surface area contributed by atoms with E-state index in [0.29, 0.717) is 21.3 Å². The number of fused-ring (bicyclic) bond motifs is 5. The number of nitrogens with zero attached hydrogens (tertiary/aromatic N) is 1. The lowest BCUT2D eigenvalue weighted by molar-refractivity contribution is -0.147. The number of hydrogen-bond acceptors (Lipinski definition) is 6. The zero-order valence-electron chi connectivity index (χ0n) is 14.3. The molecule has 0 saturated heterocycles. The quantitative estimate of drug-likeness (QED) is 0.515. The van der Waals surface area contributed by atoms with Crippen molar-refractivity contribution in [3.8, 4) is 11.4 Å². The van der Waals surface area contributed by atoms with Crippen LogP contribution in [0.1, 0.15) is 16.4 Å². The Kier molecular flexibility index (Phi) is 3.92. The summed E-state index contributed by atoms with van der Waals surface area (Å²) in [5.74, 6) is -2.64. The van der Waals surface area contributed by atoms with Crippen molar-refractivity contribution in [1.82, 2.24) is 4.57 Å². The lowest BCUT2D eigenvalue weighted by atomic mass is 9.80. The first-order valence-corrected chi connectivity index (χ1v) is 10.3. The summed E-state index contributed by atoms with van der Waals surface area (Å²) in [5.41, 5.74) is 1.41. The zero-order valence-corrected chi connectivity index (χ0v) is 15.9. The molecule has 28 heavy (non-hydrogen) atoms. The van der Waals surface area contributed by atoms with E-state index in [1.165, 1.54) is 0 Å². The fourth-order valence-electron chi connectivity index (χ4n) is 3.82. The van der Waals surface area contributed by atoms with Crippen molar-refractivity contribution in [3.05, 3.63) is 74.7 Å². The fourth-order valence-corrected chi connectivity index (χ4v) is 6.50. The minimum Gasteiger partial charge on any atom is -0.480 e. The van der Waals surface area contributed by atoms with Gasteiger partial charge in [-0.25, -0.2) is 0 Å². The summed E-state index contributed by atoms with van der Waals surface area (Å²) in [7, 11) is 0. The molecule has 0 fully saturated rings. The van der Waals surface area contributed by atoms with Crippen LogP contribution in [0.3, 0.4) is 0 Å². The van der Waals surface area contributed by atoms with Crippen molar-refractivity contribution in [1.29, 1.82) is 0 Å². The number of aliphatic carboxylic acids is 1. The predicted molar refractivity (Wildman–Crippen MR) is 105 cm³/mol. The largest absolute Gasteiger partial charge is 0.480 e. The molecule has 1 N–H and O–H groups in total. The molecular weight excluding hydrogens is 398 g/mol. The van der Waals surface area contributed by atoms with E-state index in [4.69, 9.17) is 4.74 Å². The SMILES string of the molecule is O=C1Oc2ccccc2[C@H]2c3sc(=O)n(-c4ccccc4)c3S[C@@H](C(=O)O)[C@H]12. The van der Waals surface area contributed by atoms with Crippen molar-refractivity contribution < 1.29 is 19.4 Å². The molecule has 0 spiro atoms. The Morgan fingerprint density at radius 3 is 2.50 bits per heavy atom. The maximum absolute atomic E-state index is 12.9. The van der Waals surface area contributed by atoms with E-state index in [1.54, 1.807) is 28.8 Å². The van der Waals surface area contributed by atoms with Crippen LogP contribution >= 0.6 is 23.1 Å². The van der Waals surface area contributed by atoms with Gasteiger partial charge in [0, 0.05) is 16.4 Å². The number of thiazole rings is 1. The van der Waals surface area contributed by atoms with Gasteiger partial charge in [0.05, 0.1) is 16.6 Å². The number of carbonyl (C=O) groups excluding carboxylic acids is 1. The molecule has 2 aliphatic heterocycles. The van der Waals surface area contributed by atoms with Gasteiger partial charge in [0.25, 0.3) is 0 Å². The third-order valence-corrected chi connectivity index (χ3v) is 7.52. The molecule has 140 valence electrons. The van der Waals surface area contributed by atoms with Gasteiger partial charge in [-0.05, 0) is 18.2 Å². The molecule has 2 aliphatic rings. The molecule has 0 amide bonds. The van der Waals surface area contributed by atoms with Crippen LogP contribution in [0.15, 0.2) is 64.4 Å². The molecule has 3 aromatic rings. The van der Waals surface area contributed by atoms with Crippen molar-refractivity contribution >= 4 is 35.0 Å². The van der Waals surface area contributed by atoms with Gasteiger partial charge < -0.3 is 9.84 Å². The van der Waals surface area contributed by atoms with Gasteiger partial charge in [-0.1, -0.05) is 59.5 Å². The molecular formula is C20H13NO5S2.